The summed E-state index contributed by atoms with van der Waals surface area (Å²) in [4.78, 5) is 4.11. The van der Waals surface area contributed by atoms with Crippen molar-refractivity contribution < 1.29 is 9.13 Å². The van der Waals surface area contributed by atoms with Gasteiger partial charge < -0.3 is 4.74 Å². The van der Waals surface area contributed by atoms with Gasteiger partial charge in [0.05, 0.1) is 6.61 Å². The third-order valence-electron chi connectivity index (χ3n) is 4.41. The van der Waals surface area contributed by atoms with E-state index in [-0.39, 0.29) is 5.82 Å². The van der Waals surface area contributed by atoms with Gasteiger partial charge in [-0.2, -0.15) is 0 Å². The normalized spacial score (nSPS) is 10.8. The van der Waals surface area contributed by atoms with Crippen molar-refractivity contribution in [1.29, 1.82) is 0 Å². The summed E-state index contributed by atoms with van der Waals surface area (Å²) in [5.74, 6) is 0.328. The van der Waals surface area contributed by atoms with Crippen LogP contribution < -0.4 is 4.74 Å². The van der Waals surface area contributed by atoms with Gasteiger partial charge in [0.25, 0.3) is 0 Å². The van der Waals surface area contributed by atoms with Crippen LogP contribution in [-0.2, 0) is 6.42 Å². The fraction of sp³-hybridized carbons (Fsp3) is 0.0870. The summed E-state index contributed by atoms with van der Waals surface area (Å²) in [6.45, 7) is 0.513. The largest absolute Gasteiger partial charge is 0.492 e. The van der Waals surface area contributed by atoms with E-state index in [0.29, 0.717) is 23.3 Å². The van der Waals surface area contributed by atoms with E-state index < -0.39 is 0 Å². The van der Waals surface area contributed by atoms with Gasteiger partial charge in [-0.3, -0.25) is 4.98 Å². The van der Waals surface area contributed by atoms with E-state index in [1.165, 1.54) is 22.8 Å². The van der Waals surface area contributed by atoms with Gasteiger partial charge in [0.1, 0.15) is 17.1 Å². The number of benzene rings is 3. The zero-order valence-corrected chi connectivity index (χ0v) is 14.2. The van der Waals surface area contributed by atoms with Gasteiger partial charge in [0, 0.05) is 18.0 Å². The van der Waals surface area contributed by atoms with Gasteiger partial charge in [0.15, 0.2) is 0 Å². The van der Waals surface area contributed by atoms with E-state index in [2.05, 4.69) is 29.2 Å². The lowest BCUT2D eigenvalue weighted by atomic mass is 9.98. The van der Waals surface area contributed by atoms with Crippen LogP contribution in [-0.4, -0.2) is 11.6 Å². The second-order valence-electron chi connectivity index (χ2n) is 6.07. The molecule has 1 heterocycles. The van der Waals surface area contributed by atoms with Crippen LogP contribution in [0.25, 0.3) is 22.0 Å². The Morgan fingerprint density at radius 3 is 2.50 bits per heavy atom. The number of hydrogen-bond donors (Lipinski definition) is 0. The van der Waals surface area contributed by atoms with Crippen LogP contribution in [0, 0.1) is 5.82 Å². The molecule has 0 spiro atoms. The summed E-state index contributed by atoms with van der Waals surface area (Å²) in [5, 5.41) is 0.698. The van der Waals surface area contributed by atoms with Gasteiger partial charge in [-0.25, -0.2) is 4.39 Å². The molecule has 4 aromatic rings. The molecule has 1 aromatic heterocycles. The molecule has 26 heavy (non-hydrogen) atoms. The highest BCUT2D eigenvalue weighted by Gasteiger charge is 2.08. The summed E-state index contributed by atoms with van der Waals surface area (Å²) in [7, 11) is 0. The van der Waals surface area contributed by atoms with Gasteiger partial charge in [-0.1, -0.05) is 60.7 Å². The van der Waals surface area contributed by atoms with Crippen molar-refractivity contribution >= 4 is 10.9 Å². The lowest BCUT2D eigenvalue weighted by Gasteiger charge is -2.12. The van der Waals surface area contributed by atoms with Crippen molar-refractivity contribution in [1.82, 2.24) is 4.98 Å². The number of fused-ring (bicyclic) bond motifs is 1. The molecule has 0 atom stereocenters. The molecular formula is C23H18FNO. The number of halogens is 1. The Morgan fingerprint density at radius 2 is 1.62 bits per heavy atom. The van der Waals surface area contributed by atoms with Crippen LogP contribution >= 0.6 is 0 Å². The zero-order valence-electron chi connectivity index (χ0n) is 14.2. The van der Waals surface area contributed by atoms with Crippen LogP contribution in [0.4, 0.5) is 4.39 Å². The van der Waals surface area contributed by atoms with E-state index in [4.69, 9.17) is 4.74 Å². The number of rotatable bonds is 5. The molecule has 0 aliphatic rings. The first kappa shape index (κ1) is 16.3. The third-order valence-corrected chi connectivity index (χ3v) is 4.41. The molecule has 0 saturated heterocycles. The van der Waals surface area contributed by atoms with Crippen LogP contribution in [0.5, 0.6) is 5.75 Å². The lowest BCUT2D eigenvalue weighted by molar-refractivity contribution is 0.325. The van der Waals surface area contributed by atoms with E-state index in [0.717, 1.165) is 6.42 Å². The summed E-state index contributed by atoms with van der Waals surface area (Å²) in [5.41, 5.74) is 3.97. The number of aromatic nitrogens is 1. The Balaban J connectivity index is 1.54. The predicted molar refractivity (Wildman–Crippen MR) is 103 cm³/mol. The van der Waals surface area contributed by atoms with Crippen LogP contribution in [0.1, 0.15) is 5.56 Å². The van der Waals surface area contributed by atoms with E-state index in [9.17, 15) is 4.39 Å². The van der Waals surface area contributed by atoms with Crippen molar-refractivity contribution in [3.8, 4) is 16.9 Å². The second-order valence-corrected chi connectivity index (χ2v) is 6.07. The number of pyridine rings is 1. The SMILES string of the molecule is Fc1cccc2c(OCCc3ccccc3-c3ccccc3)ccnc12. The van der Waals surface area contributed by atoms with Crippen LogP contribution in [0.2, 0.25) is 0 Å². The summed E-state index contributed by atoms with van der Waals surface area (Å²) >= 11 is 0. The maximum absolute atomic E-state index is 13.9. The highest BCUT2D eigenvalue weighted by molar-refractivity contribution is 5.85. The Labute approximate surface area is 151 Å². The molecule has 2 nitrogen and oxygen atoms in total. The zero-order chi connectivity index (χ0) is 17.8. The van der Waals surface area contributed by atoms with Crippen molar-refractivity contribution in [2.45, 2.75) is 6.42 Å². The molecule has 0 aliphatic heterocycles. The topological polar surface area (TPSA) is 22.1 Å². The first-order valence-electron chi connectivity index (χ1n) is 8.62. The minimum absolute atomic E-state index is 0.331. The Kier molecular flexibility index (Phi) is 4.61. The van der Waals surface area contributed by atoms with Crippen LogP contribution in [0.15, 0.2) is 85.1 Å². The average molecular weight is 343 g/mol. The molecule has 0 unspecified atom stereocenters. The van der Waals surface area contributed by atoms with Crippen molar-refractivity contribution in [3.63, 3.8) is 0 Å². The van der Waals surface area contributed by atoms with Gasteiger partial charge in [-0.15, -0.1) is 0 Å². The number of para-hydroxylation sites is 1. The number of ether oxygens (including phenoxy) is 1. The highest BCUT2D eigenvalue weighted by atomic mass is 19.1. The Bertz CT molecular complexity index is 1030. The summed E-state index contributed by atoms with van der Waals surface area (Å²) in [6, 6.07) is 25.4. The fourth-order valence-corrected chi connectivity index (χ4v) is 3.15. The molecule has 0 radical (unpaired) electrons. The molecule has 0 amide bonds. The highest BCUT2D eigenvalue weighted by Crippen LogP contribution is 2.27. The van der Waals surface area contributed by atoms with E-state index >= 15 is 0 Å². The molecule has 3 aromatic carbocycles. The van der Waals surface area contributed by atoms with Gasteiger partial charge in [-0.05, 0) is 34.9 Å². The standard InChI is InChI=1S/C23H18FNO/c24-21-12-6-11-20-22(13-15-25-23(20)21)26-16-14-18-9-4-5-10-19(18)17-7-2-1-3-8-17/h1-13,15H,14,16H2. The lowest BCUT2D eigenvalue weighted by Crippen LogP contribution is -2.03. The molecule has 0 N–H and O–H groups in total. The Hall–Kier alpha value is -3.20. The first-order chi connectivity index (χ1) is 12.8. The van der Waals surface area contributed by atoms with Gasteiger partial charge in [0.2, 0.25) is 0 Å². The predicted octanol–water partition coefficient (Wildman–Crippen LogP) is 5.66. The van der Waals surface area contributed by atoms with E-state index in [1.807, 2.05) is 36.4 Å². The van der Waals surface area contributed by atoms with Crippen LogP contribution in [0.3, 0.4) is 0 Å². The minimum atomic E-state index is -0.331. The van der Waals surface area contributed by atoms with Gasteiger partial charge >= 0.3 is 0 Å². The maximum Gasteiger partial charge on any atom is 0.149 e. The molecular weight excluding hydrogens is 325 g/mol. The quantitative estimate of drug-likeness (QED) is 0.466. The maximum atomic E-state index is 13.9. The fourth-order valence-electron chi connectivity index (χ4n) is 3.15. The number of nitrogens with zero attached hydrogens (tertiary/aromatic N) is 1. The van der Waals surface area contributed by atoms with E-state index in [1.54, 1.807) is 18.3 Å². The minimum Gasteiger partial charge on any atom is -0.492 e. The Morgan fingerprint density at radius 1 is 0.808 bits per heavy atom. The second kappa shape index (κ2) is 7.36. The molecule has 0 fully saturated rings. The smallest absolute Gasteiger partial charge is 0.149 e. The van der Waals surface area contributed by atoms with Crippen molar-refractivity contribution in [2.24, 2.45) is 0 Å². The average Bonchev–Trinajstić information content (AvgIpc) is 2.70. The summed E-state index contributed by atoms with van der Waals surface area (Å²) in [6.07, 6.45) is 2.35. The monoisotopic (exact) mass is 343 g/mol. The summed E-state index contributed by atoms with van der Waals surface area (Å²) < 4.78 is 19.8. The first-order valence-corrected chi connectivity index (χ1v) is 8.62. The van der Waals surface area contributed by atoms with Crippen molar-refractivity contribution in [3.05, 3.63) is 96.4 Å². The van der Waals surface area contributed by atoms with Crippen molar-refractivity contribution in [2.75, 3.05) is 6.61 Å². The molecule has 4 rings (SSSR count). The molecule has 0 saturated carbocycles. The molecule has 0 aliphatic carbocycles. The number of hydrogen-bond acceptors (Lipinski definition) is 2. The molecule has 3 heteroatoms. The molecule has 0 bridgehead atoms. The third kappa shape index (κ3) is 3.29. The molecule has 128 valence electrons.